The summed E-state index contributed by atoms with van der Waals surface area (Å²) in [6.45, 7) is 2.07. The van der Waals surface area contributed by atoms with Gasteiger partial charge in [0.15, 0.2) is 0 Å². The van der Waals surface area contributed by atoms with Crippen LogP contribution in [0.1, 0.15) is 26.2 Å². The van der Waals surface area contributed by atoms with Crippen molar-refractivity contribution >= 4 is 46.4 Å². The van der Waals surface area contributed by atoms with E-state index in [0.717, 1.165) is 19.3 Å². The molecule has 4 heteroatoms. The summed E-state index contributed by atoms with van der Waals surface area (Å²) in [5.74, 6) is 0. The van der Waals surface area contributed by atoms with E-state index in [1.807, 2.05) is 0 Å². The zero-order valence-electron chi connectivity index (χ0n) is 5.71. The number of hydrogen-bond acceptors (Lipinski definition) is 0. The number of rotatable bonds is 3. The van der Waals surface area contributed by atoms with Crippen LogP contribution in [0.25, 0.3) is 0 Å². The van der Waals surface area contributed by atoms with Crippen molar-refractivity contribution in [2.45, 2.75) is 35.4 Å². The number of halogens is 4. The minimum Gasteiger partial charge on any atom is -0.118 e. The first kappa shape index (κ1) is 11.2. The van der Waals surface area contributed by atoms with Crippen LogP contribution in [0.15, 0.2) is 0 Å². The van der Waals surface area contributed by atoms with Crippen molar-refractivity contribution < 1.29 is 0 Å². The first-order chi connectivity index (χ1) is 4.48. The molecule has 0 aromatic rings. The lowest BCUT2D eigenvalue weighted by atomic mass is 10.2. The van der Waals surface area contributed by atoms with Crippen LogP contribution < -0.4 is 0 Å². The highest BCUT2D eigenvalue weighted by Gasteiger charge is 2.29. The topological polar surface area (TPSA) is 0 Å². The van der Waals surface area contributed by atoms with Crippen molar-refractivity contribution in [3.8, 4) is 0 Å². The van der Waals surface area contributed by atoms with E-state index in [9.17, 15) is 0 Å². The van der Waals surface area contributed by atoms with Crippen LogP contribution in [0.4, 0.5) is 0 Å². The Morgan fingerprint density at radius 3 is 2.10 bits per heavy atom. The highest BCUT2D eigenvalue weighted by Crippen LogP contribution is 2.36. The lowest BCUT2D eigenvalue weighted by Gasteiger charge is -2.16. The Morgan fingerprint density at radius 1 is 1.30 bits per heavy atom. The molecule has 0 aliphatic carbocycles. The third kappa shape index (κ3) is 4.90. The summed E-state index contributed by atoms with van der Waals surface area (Å²) in [6, 6.07) is 0. The Bertz CT molecular complexity index is 86.2. The summed E-state index contributed by atoms with van der Waals surface area (Å²) < 4.78 is -1.31. The second-order valence-electron chi connectivity index (χ2n) is 2.15. The van der Waals surface area contributed by atoms with Gasteiger partial charge < -0.3 is 0 Å². The van der Waals surface area contributed by atoms with Crippen LogP contribution in [0.2, 0.25) is 0 Å². The molecular formula is C6H10Cl4. The molecule has 0 aromatic heterocycles. The number of hydrogen-bond donors (Lipinski definition) is 0. The molecule has 0 aliphatic heterocycles. The molecule has 0 amide bonds. The third-order valence-corrected chi connectivity index (χ3v) is 2.84. The molecule has 0 N–H and O–H groups in total. The molecular weight excluding hydrogens is 214 g/mol. The molecule has 1 unspecified atom stereocenters. The first-order valence-electron chi connectivity index (χ1n) is 3.19. The van der Waals surface area contributed by atoms with Gasteiger partial charge in [0.1, 0.15) is 0 Å². The lowest BCUT2D eigenvalue weighted by molar-refractivity contribution is 0.684. The van der Waals surface area contributed by atoms with E-state index in [-0.39, 0.29) is 5.38 Å². The minimum absolute atomic E-state index is 0.363. The van der Waals surface area contributed by atoms with Crippen molar-refractivity contribution in [2.75, 3.05) is 0 Å². The summed E-state index contributed by atoms with van der Waals surface area (Å²) in [4.78, 5) is 0. The highest BCUT2D eigenvalue weighted by molar-refractivity contribution is 6.70. The summed E-state index contributed by atoms with van der Waals surface area (Å²) >= 11 is 22.3. The molecule has 0 saturated carbocycles. The van der Waals surface area contributed by atoms with E-state index < -0.39 is 3.79 Å². The quantitative estimate of drug-likeness (QED) is 0.631. The molecule has 0 aliphatic rings. The maximum Gasteiger partial charge on any atom is 0.206 e. The largest absolute Gasteiger partial charge is 0.206 e. The Morgan fingerprint density at radius 2 is 1.80 bits per heavy atom. The summed E-state index contributed by atoms with van der Waals surface area (Å²) in [7, 11) is 0. The van der Waals surface area contributed by atoms with Gasteiger partial charge >= 0.3 is 0 Å². The summed E-state index contributed by atoms with van der Waals surface area (Å²) in [5.41, 5.74) is 0. The molecule has 0 aromatic carbocycles. The van der Waals surface area contributed by atoms with Crippen LogP contribution in [-0.2, 0) is 0 Å². The normalized spacial score (nSPS) is 15.3. The fraction of sp³-hybridized carbons (Fsp3) is 1.00. The maximum atomic E-state index is 5.74. The molecule has 0 bridgehead atoms. The van der Waals surface area contributed by atoms with Crippen LogP contribution in [-0.4, -0.2) is 9.17 Å². The van der Waals surface area contributed by atoms with Gasteiger partial charge in [0.05, 0.1) is 5.38 Å². The number of unbranched alkanes of at least 4 members (excludes halogenated alkanes) is 1. The molecule has 0 nitrogen and oxygen atoms in total. The molecule has 0 saturated heterocycles. The van der Waals surface area contributed by atoms with Crippen LogP contribution in [0.5, 0.6) is 0 Å². The second kappa shape index (κ2) is 4.92. The van der Waals surface area contributed by atoms with Gasteiger partial charge in [0.25, 0.3) is 0 Å². The average molecular weight is 224 g/mol. The summed E-state index contributed by atoms with van der Waals surface area (Å²) in [5, 5.41) is -0.363. The molecule has 10 heavy (non-hydrogen) atoms. The molecule has 0 fully saturated rings. The SMILES string of the molecule is CCCCC(Cl)C(Cl)(Cl)Cl. The van der Waals surface area contributed by atoms with Gasteiger partial charge in [-0.3, -0.25) is 0 Å². The van der Waals surface area contributed by atoms with E-state index >= 15 is 0 Å². The van der Waals surface area contributed by atoms with Gasteiger partial charge in [0, 0.05) is 0 Å². The smallest absolute Gasteiger partial charge is 0.118 e. The monoisotopic (exact) mass is 222 g/mol. The van der Waals surface area contributed by atoms with Crippen molar-refractivity contribution in [2.24, 2.45) is 0 Å². The lowest BCUT2D eigenvalue weighted by Crippen LogP contribution is -2.18. The maximum absolute atomic E-state index is 5.74. The molecule has 0 heterocycles. The van der Waals surface area contributed by atoms with Gasteiger partial charge in [-0.1, -0.05) is 54.6 Å². The molecule has 62 valence electrons. The molecule has 1 atom stereocenters. The first-order valence-corrected chi connectivity index (χ1v) is 4.76. The predicted octanol–water partition coefficient (Wildman–Crippen LogP) is 4.15. The van der Waals surface area contributed by atoms with Crippen molar-refractivity contribution in [3.05, 3.63) is 0 Å². The van der Waals surface area contributed by atoms with Crippen molar-refractivity contribution in [1.82, 2.24) is 0 Å². The Kier molecular flexibility index (Phi) is 5.49. The molecule has 0 rings (SSSR count). The van der Waals surface area contributed by atoms with Crippen molar-refractivity contribution in [1.29, 1.82) is 0 Å². The van der Waals surface area contributed by atoms with Gasteiger partial charge in [-0.15, -0.1) is 11.6 Å². The number of alkyl halides is 4. The minimum atomic E-state index is -1.31. The molecule has 0 radical (unpaired) electrons. The third-order valence-electron chi connectivity index (χ3n) is 1.17. The molecule has 0 spiro atoms. The average Bonchev–Trinajstić information content (AvgIpc) is 1.80. The van der Waals surface area contributed by atoms with E-state index in [4.69, 9.17) is 46.4 Å². The highest BCUT2D eigenvalue weighted by atomic mass is 35.6. The second-order valence-corrected chi connectivity index (χ2v) is 5.05. The Balaban J connectivity index is 3.52. The van der Waals surface area contributed by atoms with Crippen molar-refractivity contribution in [3.63, 3.8) is 0 Å². The van der Waals surface area contributed by atoms with Crippen LogP contribution in [0.3, 0.4) is 0 Å². The van der Waals surface area contributed by atoms with E-state index in [1.54, 1.807) is 0 Å². The van der Waals surface area contributed by atoms with Gasteiger partial charge in [0.2, 0.25) is 3.79 Å². The zero-order chi connectivity index (χ0) is 8.20. The van der Waals surface area contributed by atoms with Crippen LogP contribution >= 0.6 is 46.4 Å². The Labute approximate surface area is 81.8 Å². The van der Waals surface area contributed by atoms with E-state index in [2.05, 4.69) is 6.92 Å². The van der Waals surface area contributed by atoms with Gasteiger partial charge in [-0.2, -0.15) is 0 Å². The Hall–Kier alpha value is 1.16. The van der Waals surface area contributed by atoms with E-state index in [0.29, 0.717) is 0 Å². The van der Waals surface area contributed by atoms with E-state index in [1.165, 1.54) is 0 Å². The van der Waals surface area contributed by atoms with Gasteiger partial charge in [-0.05, 0) is 6.42 Å². The van der Waals surface area contributed by atoms with Crippen LogP contribution in [0, 0.1) is 0 Å². The fourth-order valence-electron chi connectivity index (χ4n) is 0.547. The fourth-order valence-corrected chi connectivity index (χ4v) is 1.03. The predicted molar refractivity (Wildman–Crippen MR) is 49.5 cm³/mol. The van der Waals surface area contributed by atoms with Gasteiger partial charge in [-0.25, -0.2) is 0 Å². The standard InChI is InChI=1S/C6H10Cl4/c1-2-3-4-5(7)6(8,9)10/h5H,2-4H2,1H3. The summed E-state index contributed by atoms with van der Waals surface area (Å²) in [6.07, 6.45) is 2.83. The zero-order valence-corrected chi connectivity index (χ0v) is 8.73.